The van der Waals surface area contributed by atoms with Crippen LogP contribution >= 0.6 is 0 Å². The van der Waals surface area contributed by atoms with Crippen molar-refractivity contribution in [1.82, 2.24) is 4.57 Å². The monoisotopic (exact) mass is 219 g/mol. The molecular weight excluding hydrogens is 209 g/mol. The molecule has 2 aromatic rings. The number of aryl methyl sites for hydroxylation is 1. The Morgan fingerprint density at radius 1 is 1.38 bits per heavy atom. The van der Waals surface area contributed by atoms with E-state index >= 15 is 0 Å². The molecule has 82 valence electrons. The number of nitrogens with zero attached hydrogens (tertiary/aromatic N) is 1. The lowest BCUT2D eigenvalue weighted by molar-refractivity contribution is 0.0688. The maximum atomic E-state index is 13.1. The fraction of sp³-hybridized carbons (Fsp3) is 0.0833. The minimum atomic E-state index is -1.03. The second-order valence-electron chi connectivity index (χ2n) is 3.50. The average molecular weight is 219 g/mol. The van der Waals surface area contributed by atoms with E-state index in [4.69, 9.17) is 5.11 Å². The van der Waals surface area contributed by atoms with Gasteiger partial charge in [-0.15, -0.1) is 0 Å². The van der Waals surface area contributed by atoms with Crippen molar-refractivity contribution < 1.29 is 14.3 Å². The Labute approximate surface area is 91.8 Å². The quantitative estimate of drug-likeness (QED) is 0.843. The molecular formula is C12H10FNO2. The Morgan fingerprint density at radius 3 is 2.81 bits per heavy atom. The van der Waals surface area contributed by atoms with Crippen LogP contribution in [0.4, 0.5) is 4.39 Å². The first-order chi connectivity index (χ1) is 7.59. The predicted octanol–water partition coefficient (Wildman–Crippen LogP) is 2.62. The fourth-order valence-electron chi connectivity index (χ4n) is 1.61. The van der Waals surface area contributed by atoms with Crippen LogP contribution in [0.3, 0.4) is 0 Å². The lowest BCUT2D eigenvalue weighted by Gasteiger charge is -2.09. The maximum absolute atomic E-state index is 13.1. The number of carboxylic acids is 1. The normalized spacial score (nSPS) is 10.4. The second-order valence-corrected chi connectivity index (χ2v) is 3.50. The highest BCUT2D eigenvalue weighted by molar-refractivity contribution is 5.86. The third kappa shape index (κ3) is 1.69. The summed E-state index contributed by atoms with van der Waals surface area (Å²) in [5.74, 6) is -1.42. The minimum absolute atomic E-state index is 0.119. The van der Waals surface area contributed by atoms with Crippen molar-refractivity contribution in [2.75, 3.05) is 0 Å². The van der Waals surface area contributed by atoms with E-state index < -0.39 is 5.97 Å². The lowest BCUT2D eigenvalue weighted by Crippen LogP contribution is -2.07. The molecule has 3 nitrogen and oxygen atoms in total. The van der Waals surface area contributed by atoms with Gasteiger partial charge in [-0.1, -0.05) is 6.07 Å². The van der Waals surface area contributed by atoms with Crippen LogP contribution in [0, 0.1) is 12.7 Å². The van der Waals surface area contributed by atoms with Crippen molar-refractivity contribution in [3.8, 4) is 5.69 Å². The number of benzene rings is 1. The molecule has 0 bridgehead atoms. The van der Waals surface area contributed by atoms with Gasteiger partial charge >= 0.3 is 5.97 Å². The smallest absolute Gasteiger partial charge is 0.352 e. The van der Waals surface area contributed by atoms with Crippen LogP contribution in [-0.4, -0.2) is 15.6 Å². The highest BCUT2D eigenvalue weighted by Crippen LogP contribution is 2.18. The van der Waals surface area contributed by atoms with E-state index in [1.54, 1.807) is 25.3 Å². The van der Waals surface area contributed by atoms with Crippen LogP contribution in [-0.2, 0) is 0 Å². The van der Waals surface area contributed by atoms with Gasteiger partial charge in [-0.2, -0.15) is 0 Å². The van der Waals surface area contributed by atoms with Crippen LogP contribution in [0.15, 0.2) is 36.5 Å². The Morgan fingerprint density at radius 2 is 2.12 bits per heavy atom. The molecule has 0 aliphatic heterocycles. The number of carbonyl (C=O) groups is 1. The average Bonchev–Trinajstić information content (AvgIpc) is 2.70. The number of rotatable bonds is 2. The highest BCUT2D eigenvalue weighted by atomic mass is 19.1. The molecule has 1 heterocycles. The first-order valence-corrected chi connectivity index (χ1v) is 4.77. The Balaban J connectivity index is 2.62. The van der Waals surface area contributed by atoms with Crippen molar-refractivity contribution in [1.29, 1.82) is 0 Å². The summed E-state index contributed by atoms with van der Waals surface area (Å²) in [6, 6.07) is 7.39. The van der Waals surface area contributed by atoms with Gasteiger partial charge in [0.25, 0.3) is 0 Å². The van der Waals surface area contributed by atoms with E-state index in [0.717, 1.165) is 5.56 Å². The van der Waals surface area contributed by atoms with Crippen molar-refractivity contribution in [3.05, 3.63) is 53.6 Å². The number of aromatic carboxylic acids is 1. The first-order valence-electron chi connectivity index (χ1n) is 4.77. The number of hydrogen-bond donors (Lipinski definition) is 1. The van der Waals surface area contributed by atoms with E-state index in [9.17, 15) is 9.18 Å². The number of aromatic nitrogens is 1. The molecule has 1 aromatic carbocycles. The molecule has 2 rings (SSSR count). The Hall–Kier alpha value is -2.10. The zero-order valence-corrected chi connectivity index (χ0v) is 8.64. The summed E-state index contributed by atoms with van der Waals surface area (Å²) in [6.07, 6.45) is 1.60. The second kappa shape index (κ2) is 3.81. The molecule has 16 heavy (non-hydrogen) atoms. The molecule has 0 saturated heterocycles. The number of carboxylic acid groups (broad SMARTS) is 1. The summed E-state index contributed by atoms with van der Waals surface area (Å²) in [6.45, 7) is 1.81. The Kier molecular flexibility index (Phi) is 2.48. The molecule has 0 radical (unpaired) electrons. The van der Waals surface area contributed by atoms with Crippen molar-refractivity contribution in [2.24, 2.45) is 0 Å². The predicted molar refractivity (Wildman–Crippen MR) is 57.4 cm³/mol. The lowest BCUT2D eigenvalue weighted by atomic mass is 10.2. The summed E-state index contributed by atoms with van der Waals surface area (Å²) in [5.41, 5.74) is 1.48. The highest BCUT2D eigenvalue weighted by Gasteiger charge is 2.11. The number of halogens is 1. The van der Waals surface area contributed by atoms with Crippen molar-refractivity contribution >= 4 is 5.97 Å². The van der Waals surface area contributed by atoms with Crippen LogP contribution < -0.4 is 0 Å². The molecule has 1 aromatic heterocycles. The van der Waals surface area contributed by atoms with E-state index in [1.165, 1.54) is 22.8 Å². The van der Waals surface area contributed by atoms with Gasteiger partial charge in [0.15, 0.2) is 0 Å². The third-order valence-electron chi connectivity index (χ3n) is 2.40. The molecule has 0 unspecified atom stereocenters. The van der Waals surface area contributed by atoms with Gasteiger partial charge in [0.05, 0.1) is 5.69 Å². The SMILES string of the molecule is Cc1ccc(F)cc1-n1cccc1C(=O)O. The standard InChI is InChI=1S/C12H10FNO2/c1-8-4-5-9(13)7-11(8)14-6-2-3-10(14)12(15)16/h2-7H,1H3,(H,15,16). The molecule has 0 fully saturated rings. The largest absolute Gasteiger partial charge is 0.477 e. The summed E-state index contributed by atoms with van der Waals surface area (Å²) in [4.78, 5) is 10.9. The zero-order chi connectivity index (χ0) is 11.7. The van der Waals surface area contributed by atoms with E-state index in [-0.39, 0.29) is 11.5 Å². The van der Waals surface area contributed by atoms with Gasteiger partial charge in [0.2, 0.25) is 0 Å². The van der Waals surface area contributed by atoms with Gasteiger partial charge < -0.3 is 9.67 Å². The molecule has 0 amide bonds. The third-order valence-corrected chi connectivity index (χ3v) is 2.40. The molecule has 0 aliphatic rings. The van der Waals surface area contributed by atoms with Gasteiger partial charge in [-0.05, 0) is 36.8 Å². The molecule has 0 spiro atoms. The van der Waals surface area contributed by atoms with Gasteiger partial charge in [0.1, 0.15) is 11.5 Å². The van der Waals surface area contributed by atoms with Crippen LogP contribution in [0.5, 0.6) is 0 Å². The summed E-state index contributed by atoms with van der Waals surface area (Å²) >= 11 is 0. The molecule has 1 N–H and O–H groups in total. The van der Waals surface area contributed by atoms with Gasteiger partial charge in [-0.3, -0.25) is 0 Å². The van der Waals surface area contributed by atoms with Crippen LogP contribution in [0.1, 0.15) is 16.1 Å². The zero-order valence-electron chi connectivity index (χ0n) is 8.64. The Bertz CT molecular complexity index is 546. The van der Waals surface area contributed by atoms with Gasteiger partial charge in [0, 0.05) is 6.20 Å². The first kappa shape index (κ1) is 10.4. The molecule has 0 saturated carbocycles. The maximum Gasteiger partial charge on any atom is 0.352 e. The molecule has 0 atom stereocenters. The molecule has 4 heteroatoms. The summed E-state index contributed by atoms with van der Waals surface area (Å²) < 4.78 is 14.6. The number of hydrogen-bond acceptors (Lipinski definition) is 1. The summed E-state index contributed by atoms with van der Waals surface area (Å²) in [5, 5.41) is 8.96. The van der Waals surface area contributed by atoms with E-state index in [0.29, 0.717) is 5.69 Å². The van der Waals surface area contributed by atoms with Crippen LogP contribution in [0.25, 0.3) is 5.69 Å². The van der Waals surface area contributed by atoms with Crippen LogP contribution in [0.2, 0.25) is 0 Å². The topological polar surface area (TPSA) is 42.2 Å². The minimum Gasteiger partial charge on any atom is -0.477 e. The van der Waals surface area contributed by atoms with Crippen molar-refractivity contribution in [3.63, 3.8) is 0 Å². The van der Waals surface area contributed by atoms with E-state index in [2.05, 4.69) is 0 Å². The van der Waals surface area contributed by atoms with E-state index in [1.807, 2.05) is 0 Å². The fourth-order valence-corrected chi connectivity index (χ4v) is 1.61. The molecule has 0 aliphatic carbocycles. The van der Waals surface area contributed by atoms with Crippen molar-refractivity contribution in [2.45, 2.75) is 6.92 Å². The van der Waals surface area contributed by atoms with Gasteiger partial charge in [-0.25, -0.2) is 9.18 Å². The summed E-state index contributed by atoms with van der Waals surface area (Å²) in [7, 11) is 0.